The second-order valence-corrected chi connectivity index (χ2v) is 12.9. The van der Waals surface area contributed by atoms with Gasteiger partial charge >= 0.3 is 12.1 Å². The normalized spacial score (nSPS) is 18.7. The monoisotopic (exact) mass is 707 g/mol. The molecule has 0 saturated carbocycles. The smallest absolute Gasteiger partial charge is 0.414 e. The van der Waals surface area contributed by atoms with E-state index in [1.54, 1.807) is 35.2 Å². The highest BCUT2D eigenvalue weighted by Crippen LogP contribution is 2.36. The largest absolute Gasteiger partial charge is 0.493 e. The summed E-state index contributed by atoms with van der Waals surface area (Å²) < 4.78 is 23.7. The van der Waals surface area contributed by atoms with Gasteiger partial charge in [0, 0.05) is 35.1 Å². The van der Waals surface area contributed by atoms with Gasteiger partial charge in [0.25, 0.3) is 0 Å². The van der Waals surface area contributed by atoms with Gasteiger partial charge in [-0.05, 0) is 73.8 Å². The van der Waals surface area contributed by atoms with Gasteiger partial charge < -0.3 is 18.9 Å². The lowest BCUT2D eigenvalue weighted by Crippen LogP contribution is -2.53. The number of amides is 1. The Kier molecular flexibility index (Phi) is 10.7. The van der Waals surface area contributed by atoms with Crippen LogP contribution in [0.25, 0.3) is 0 Å². The number of nitrogens with zero attached hydrogens (tertiary/aromatic N) is 4. The molecule has 7 rings (SSSR count). The number of piperidine rings is 3. The minimum Gasteiger partial charge on any atom is -0.493 e. The second-order valence-electron chi connectivity index (χ2n) is 12.0. The topological polar surface area (TPSA) is 115 Å². The van der Waals surface area contributed by atoms with Gasteiger partial charge in [-0.25, -0.2) is 9.59 Å². The average Bonchev–Trinajstić information content (AvgIpc) is 3.12. The van der Waals surface area contributed by atoms with Crippen LogP contribution in [0.15, 0.2) is 79.3 Å². The zero-order valence-corrected chi connectivity index (χ0v) is 28.6. The van der Waals surface area contributed by atoms with Crippen LogP contribution in [0.2, 0.25) is 10.0 Å². The summed E-state index contributed by atoms with van der Waals surface area (Å²) in [5, 5.41) is 10.2. The SMILES string of the molecule is COc1ccc([C@H](Cc2c(Cl)c[n+](O)cc2Cl)OC(=O)c2ccc(CN(C(=O)O[C@H]3CN4CCC3CC4)c3ccccc3)nc2)cc1OC. The van der Waals surface area contributed by atoms with Crippen molar-refractivity contribution >= 4 is 41.0 Å². The molecule has 3 aliphatic heterocycles. The predicted molar refractivity (Wildman–Crippen MR) is 182 cm³/mol. The van der Waals surface area contributed by atoms with E-state index in [2.05, 4.69) is 9.88 Å². The lowest BCUT2D eigenvalue weighted by molar-refractivity contribution is -0.904. The molecule has 49 heavy (non-hydrogen) atoms. The molecule has 0 aliphatic carbocycles. The lowest BCUT2D eigenvalue weighted by atomic mass is 9.86. The van der Waals surface area contributed by atoms with E-state index in [9.17, 15) is 14.8 Å². The highest BCUT2D eigenvalue weighted by molar-refractivity contribution is 6.35. The van der Waals surface area contributed by atoms with E-state index in [-0.39, 0.29) is 34.7 Å². The number of pyridine rings is 2. The first kappa shape index (κ1) is 34.3. The Morgan fingerprint density at radius 2 is 1.71 bits per heavy atom. The van der Waals surface area contributed by atoms with E-state index >= 15 is 0 Å². The number of hydrogen-bond donors (Lipinski definition) is 1. The van der Waals surface area contributed by atoms with Crippen molar-refractivity contribution in [2.75, 3.05) is 38.8 Å². The summed E-state index contributed by atoms with van der Waals surface area (Å²) in [6, 6.07) is 17.8. The summed E-state index contributed by atoms with van der Waals surface area (Å²) in [7, 11) is 3.04. The molecule has 256 valence electrons. The Hall–Kier alpha value is -4.58. The van der Waals surface area contributed by atoms with E-state index in [0.29, 0.717) is 39.9 Å². The van der Waals surface area contributed by atoms with Crippen molar-refractivity contribution in [1.29, 1.82) is 0 Å². The third kappa shape index (κ3) is 8.01. The van der Waals surface area contributed by atoms with Crippen LogP contribution in [0.5, 0.6) is 11.5 Å². The van der Waals surface area contributed by atoms with E-state index in [0.717, 1.165) is 37.2 Å². The van der Waals surface area contributed by atoms with Gasteiger partial charge in [-0.1, -0.05) is 47.5 Å². The van der Waals surface area contributed by atoms with Gasteiger partial charge in [0.1, 0.15) is 22.3 Å². The number of anilines is 1. The molecule has 2 aromatic carbocycles. The molecule has 4 aromatic rings. The summed E-state index contributed by atoms with van der Waals surface area (Å²) in [6.07, 6.45) is 4.74. The van der Waals surface area contributed by atoms with E-state index in [1.165, 1.54) is 32.8 Å². The quantitative estimate of drug-likeness (QED) is 0.109. The number of rotatable bonds is 11. The number of methoxy groups -OCH3 is 2. The first-order chi connectivity index (χ1) is 23.7. The van der Waals surface area contributed by atoms with Crippen molar-refractivity contribution in [3.63, 3.8) is 0 Å². The fraction of sp³-hybridized carbons (Fsp3) is 0.333. The first-order valence-corrected chi connectivity index (χ1v) is 16.7. The van der Waals surface area contributed by atoms with Gasteiger partial charge in [0.05, 0.1) is 32.0 Å². The maximum atomic E-state index is 13.6. The Labute approximate surface area is 294 Å². The van der Waals surface area contributed by atoms with Crippen molar-refractivity contribution in [1.82, 2.24) is 9.88 Å². The molecule has 2 aromatic heterocycles. The molecule has 11 nitrogen and oxygen atoms in total. The van der Waals surface area contributed by atoms with Gasteiger partial charge in [-0.15, -0.1) is 0 Å². The van der Waals surface area contributed by atoms with Gasteiger partial charge in [0.15, 0.2) is 11.5 Å². The van der Waals surface area contributed by atoms with Crippen LogP contribution in [0.1, 0.15) is 46.1 Å². The highest BCUT2D eigenvalue weighted by Gasteiger charge is 2.37. The van der Waals surface area contributed by atoms with Crippen molar-refractivity contribution in [3.05, 3.63) is 112 Å². The predicted octanol–water partition coefficient (Wildman–Crippen LogP) is 6.31. The zero-order valence-electron chi connectivity index (χ0n) is 27.1. The fourth-order valence-electron chi connectivity index (χ4n) is 6.31. The number of carbonyl (C=O) groups excluding carboxylic acids is 2. The minimum absolute atomic E-state index is 0.0962. The lowest BCUT2D eigenvalue weighted by Gasteiger charge is -2.44. The number of carbonyl (C=O) groups is 2. The molecule has 0 unspecified atom stereocenters. The molecule has 13 heteroatoms. The number of fused-ring (bicyclic) bond motifs is 3. The van der Waals surface area contributed by atoms with Crippen LogP contribution >= 0.6 is 23.2 Å². The van der Waals surface area contributed by atoms with Crippen LogP contribution in [0.4, 0.5) is 10.5 Å². The highest BCUT2D eigenvalue weighted by atomic mass is 35.5. The number of benzene rings is 2. The van der Waals surface area contributed by atoms with Crippen molar-refractivity contribution < 1.29 is 38.5 Å². The molecule has 0 spiro atoms. The number of hydrogen-bond acceptors (Lipinski definition) is 9. The summed E-state index contributed by atoms with van der Waals surface area (Å²) in [5.41, 5.74) is 2.52. The molecule has 3 aliphatic rings. The summed E-state index contributed by atoms with van der Waals surface area (Å²) in [5.74, 6) is 0.685. The molecule has 1 N–H and O–H groups in total. The molecule has 2 bridgehead atoms. The molecule has 3 saturated heterocycles. The maximum absolute atomic E-state index is 13.6. The fourth-order valence-corrected chi connectivity index (χ4v) is 6.91. The van der Waals surface area contributed by atoms with Crippen LogP contribution in [-0.2, 0) is 22.4 Å². The Morgan fingerprint density at radius 3 is 2.33 bits per heavy atom. The van der Waals surface area contributed by atoms with E-state index < -0.39 is 18.2 Å². The molecule has 3 fully saturated rings. The first-order valence-electron chi connectivity index (χ1n) is 15.9. The van der Waals surface area contributed by atoms with Crippen LogP contribution in [-0.4, -0.2) is 67.1 Å². The summed E-state index contributed by atoms with van der Waals surface area (Å²) in [4.78, 5) is 35.5. The molecular weight excluding hydrogens is 671 g/mol. The van der Waals surface area contributed by atoms with Crippen molar-refractivity contribution in [2.45, 2.75) is 38.0 Å². The van der Waals surface area contributed by atoms with Crippen molar-refractivity contribution in [2.24, 2.45) is 5.92 Å². The summed E-state index contributed by atoms with van der Waals surface area (Å²) >= 11 is 12.8. The van der Waals surface area contributed by atoms with Crippen LogP contribution < -0.4 is 19.1 Å². The number of halogens is 2. The second kappa shape index (κ2) is 15.3. The van der Waals surface area contributed by atoms with Crippen LogP contribution in [0, 0.1) is 5.92 Å². The van der Waals surface area contributed by atoms with E-state index in [4.69, 9.17) is 42.1 Å². The summed E-state index contributed by atoms with van der Waals surface area (Å²) in [6.45, 7) is 2.99. The van der Waals surface area contributed by atoms with Gasteiger partial charge in [-0.3, -0.25) is 20.0 Å². The Bertz CT molecular complexity index is 1760. The molecule has 2 atom stereocenters. The maximum Gasteiger partial charge on any atom is 0.414 e. The Morgan fingerprint density at radius 1 is 1.00 bits per heavy atom. The standard InChI is InChI=1S/C36H37Cl2N4O7/c1-46-31-11-9-24(16-33(31)47-2)32(17-28-29(37)20-41(45)21-30(28)38)48-35(43)25-8-10-26(39-18-25)19-42(27-6-4-3-5-7-27)36(44)49-34-22-40-14-12-23(34)13-15-40/h3-11,16,18,20-21,23,32,34,45H,12-15,17,19,22H2,1-2H3/q+1/t32-,34-/m0/s1. The Balaban J connectivity index is 1.20. The molecule has 5 heterocycles. The minimum atomic E-state index is -0.855. The number of ether oxygens (including phenoxy) is 4. The third-order valence-electron chi connectivity index (χ3n) is 9.00. The van der Waals surface area contributed by atoms with Crippen LogP contribution in [0.3, 0.4) is 0 Å². The van der Waals surface area contributed by atoms with Crippen molar-refractivity contribution in [3.8, 4) is 11.5 Å². The third-order valence-corrected chi connectivity index (χ3v) is 9.65. The van der Waals surface area contributed by atoms with Gasteiger partial charge in [-0.2, -0.15) is 0 Å². The number of para-hydroxylation sites is 1. The average molecular weight is 709 g/mol. The molecule has 0 radical (unpaired) electrons. The van der Waals surface area contributed by atoms with Gasteiger partial charge in [0.2, 0.25) is 12.4 Å². The number of esters is 1. The zero-order chi connectivity index (χ0) is 34.5. The number of aromatic nitrogens is 2. The molecular formula is C36H37Cl2N4O7+. The molecule has 1 amide bonds. The van der Waals surface area contributed by atoms with E-state index in [1.807, 2.05) is 30.3 Å².